The number of β-amino-alcohol motifs (C(OH)–C–C–N with tert-alkyl or cyclic N) is 1. The summed E-state index contributed by atoms with van der Waals surface area (Å²) in [7, 11) is 0. The van der Waals surface area contributed by atoms with Gasteiger partial charge in [-0.1, -0.05) is 29.4 Å². The van der Waals surface area contributed by atoms with Crippen molar-refractivity contribution in [1.29, 1.82) is 5.26 Å². The van der Waals surface area contributed by atoms with Crippen LogP contribution in [-0.4, -0.2) is 39.2 Å². The van der Waals surface area contributed by atoms with Crippen molar-refractivity contribution >= 4 is 5.91 Å². The third kappa shape index (κ3) is 2.80. The summed E-state index contributed by atoms with van der Waals surface area (Å²) in [4.78, 5) is 18.7. The predicted octanol–water partition coefficient (Wildman–Crippen LogP) is 2.71. The molecule has 5 rings (SSSR count). The Balaban J connectivity index is 1.52. The summed E-state index contributed by atoms with van der Waals surface area (Å²) >= 11 is 0. The van der Waals surface area contributed by atoms with Crippen LogP contribution < -0.4 is 0 Å². The molecule has 3 aromatic rings. The van der Waals surface area contributed by atoms with Gasteiger partial charge in [0.05, 0.1) is 24.3 Å². The number of nitrogens with zero attached hydrogens (tertiary/aromatic N) is 4. The molecule has 0 saturated carbocycles. The molecule has 1 aliphatic carbocycles. The second-order valence-electron chi connectivity index (χ2n) is 7.41. The Kier molecular flexibility index (Phi) is 4.14. The molecule has 2 heterocycles. The van der Waals surface area contributed by atoms with E-state index >= 15 is 0 Å². The molecule has 7 nitrogen and oxygen atoms in total. The van der Waals surface area contributed by atoms with Crippen molar-refractivity contribution in [2.24, 2.45) is 5.92 Å². The van der Waals surface area contributed by atoms with Gasteiger partial charge in [0.2, 0.25) is 11.7 Å². The Bertz CT molecular complexity index is 1150. The molecule has 29 heavy (non-hydrogen) atoms. The molecule has 1 aliphatic heterocycles. The van der Waals surface area contributed by atoms with Gasteiger partial charge in [0.1, 0.15) is 0 Å². The van der Waals surface area contributed by atoms with Crippen LogP contribution in [0.4, 0.5) is 0 Å². The van der Waals surface area contributed by atoms with Gasteiger partial charge in [0, 0.05) is 24.1 Å². The highest BCUT2D eigenvalue weighted by Gasteiger charge is 2.46. The summed E-state index contributed by atoms with van der Waals surface area (Å²) in [6.07, 6.45) is 1.27. The fourth-order valence-electron chi connectivity index (χ4n) is 4.59. The van der Waals surface area contributed by atoms with Crippen molar-refractivity contribution < 1.29 is 14.4 Å². The molecule has 1 fully saturated rings. The number of benzene rings is 2. The highest BCUT2D eigenvalue weighted by Crippen LogP contribution is 2.49. The summed E-state index contributed by atoms with van der Waals surface area (Å²) < 4.78 is 5.47. The van der Waals surface area contributed by atoms with E-state index in [1.54, 1.807) is 23.1 Å². The van der Waals surface area contributed by atoms with E-state index in [9.17, 15) is 9.90 Å². The number of amides is 1. The van der Waals surface area contributed by atoms with Gasteiger partial charge in [-0.25, -0.2) is 0 Å². The molecule has 0 bridgehead atoms. The largest absolute Gasteiger partial charge is 0.395 e. The lowest BCUT2D eigenvalue weighted by molar-refractivity contribution is -0.129. The number of carbonyl (C=O) groups is 1. The first-order valence-corrected chi connectivity index (χ1v) is 9.56. The minimum atomic E-state index is -0.0417. The van der Waals surface area contributed by atoms with Crippen molar-refractivity contribution in [3.05, 3.63) is 59.2 Å². The van der Waals surface area contributed by atoms with Crippen LogP contribution in [0.15, 0.2) is 47.0 Å². The summed E-state index contributed by atoms with van der Waals surface area (Å²) in [5, 5.41) is 22.6. The summed E-state index contributed by atoms with van der Waals surface area (Å²) in [5.74, 6) is 1.18. The van der Waals surface area contributed by atoms with Crippen molar-refractivity contribution in [1.82, 2.24) is 15.0 Å². The zero-order valence-corrected chi connectivity index (χ0v) is 15.6. The second kappa shape index (κ2) is 6.83. The molecule has 1 N–H and O–H groups in total. The fourth-order valence-corrected chi connectivity index (χ4v) is 4.59. The normalized spacial score (nSPS) is 19.9. The third-order valence-corrected chi connectivity index (χ3v) is 5.78. The van der Waals surface area contributed by atoms with Crippen LogP contribution in [0.3, 0.4) is 0 Å². The molecule has 2 aromatic carbocycles. The first-order chi connectivity index (χ1) is 14.2. The lowest BCUT2D eigenvalue weighted by Gasteiger charge is -2.24. The maximum atomic E-state index is 12.3. The Labute approximate surface area is 167 Å². The molecule has 1 saturated heterocycles. The SMILES string of the molecule is N#Cc1cccc(-c2nc(-c3cccc4c3C[C@@H]3CC(=O)N(CCO)[C@H]43)no2)c1. The van der Waals surface area contributed by atoms with E-state index in [0.717, 1.165) is 23.1 Å². The van der Waals surface area contributed by atoms with Gasteiger partial charge in [0.25, 0.3) is 5.89 Å². The number of likely N-dealkylation sites (tertiary alicyclic amines) is 1. The highest BCUT2D eigenvalue weighted by atomic mass is 16.5. The average molecular weight is 386 g/mol. The minimum Gasteiger partial charge on any atom is -0.395 e. The van der Waals surface area contributed by atoms with Gasteiger partial charge in [-0.05, 0) is 41.7 Å². The number of carbonyl (C=O) groups excluding carboxylic acids is 1. The van der Waals surface area contributed by atoms with Gasteiger partial charge < -0.3 is 14.5 Å². The summed E-state index contributed by atoms with van der Waals surface area (Å²) in [5.41, 5.74) is 4.37. The molecular weight excluding hydrogens is 368 g/mol. The average Bonchev–Trinajstić information content (AvgIpc) is 3.43. The van der Waals surface area contributed by atoms with Crippen molar-refractivity contribution in [2.75, 3.05) is 13.2 Å². The predicted molar refractivity (Wildman–Crippen MR) is 103 cm³/mol. The minimum absolute atomic E-state index is 0.00304. The Morgan fingerprint density at radius 3 is 2.93 bits per heavy atom. The van der Waals surface area contributed by atoms with E-state index in [4.69, 9.17) is 9.78 Å². The number of aliphatic hydroxyl groups is 1. The van der Waals surface area contributed by atoms with Crippen LogP contribution in [0.1, 0.15) is 29.2 Å². The van der Waals surface area contributed by atoms with Crippen molar-refractivity contribution in [3.8, 4) is 28.9 Å². The molecule has 144 valence electrons. The Morgan fingerprint density at radius 2 is 2.10 bits per heavy atom. The number of hydrogen-bond donors (Lipinski definition) is 1. The van der Waals surface area contributed by atoms with Crippen LogP contribution in [0, 0.1) is 17.2 Å². The van der Waals surface area contributed by atoms with Gasteiger partial charge in [-0.15, -0.1) is 0 Å². The lowest BCUT2D eigenvalue weighted by Crippen LogP contribution is -2.30. The van der Waals surface area contributed by atoms with Gasteiger partial charge in [-0.2, -0.15) is 10.2 Å². The molecule has 2 aliphatic rings. The number of aliphatic hydroxyl groups excluding tert-OH is 1. The monoisotopic (exact) mass is 386 g/mol. The topological polar surface area (TPSA) is 103 Å². The Hall–Kier alpha value is -3.50. The maximum absolute atomic E-state index is 12.3. The first-order valence-electron chi connectivity index (χ1n) is 9.56. The standard InChI is InChI=1S/C22H18N4O3/c23-12-13-3-1-4-14(9-13)22-24-21(25-29-22)17-6-2-5-16-18(17)10-15-11-19(28)26(7-8-27)20(15)16/h1-6,9,15,20,27H,7-8,10-11H2/t15-,20+/m1/s1. The number of nitriles is 1. The zero-order chi connectivity index (χ0) is 20.0. The number of rotatable bonds is 4. The number of fused-ring (bicyclic) bond motifs is 3. The molecule has 0 radical (unpaired) electrons. The van der Waals surface area contributed by atoms with Gasteiger partial charge >= 0.3 is 0 Å². The van der Waals surface area contributed by atoms with E-state index in [1.807, 2.05) is 24.3 Å². The molecule has 1 amide bonds. The van der Waals surface area contributed by atoms with Crippen LogP contribution in [0.25, 0.3) is 22.8 Å². The molecule has 7 heteroatoms. The highest BCUT2D eigenvalue weighted by molar-refractivity contribution is 5.81. The number of aromatic nitrogens is 2. The lowest BCUT2D eigenvalue weighted by atomic mass is 10.0. The van der Waals surface area contributed by atoms with Gasteiger partial charge in [-0.3, -0.25) is 4.79 Å². The number of hydrogen-bond acceptors (Lipinski definition) is 6. The van der Waals surface area contributed by atoms with E-state index in [0.29, 0.717) is 35.8 Å². The molecular formula is C22H18N4O3. The molecule has 0 spiro atoms. The van der Waals surface area contributed by atoms with Crippen LogP contribution >= 0.6 is 0 Å². The van der Waals surface area contributed by atoms with Crippen LogP contribution in [-0.2, 0) is 11.2 Å². The van der Waals surface area contributed by atoms with Crippen molar-refractivity contribution in [2.45, 2.75) is 18.9 Å². The first kappa shape index (κ1) is 17.6. The van der Waals surface area contributed by atoms with E-state index in [2.05, 4.69) is 16.2 Å². The fraction of sp³-hybridized carbons (Fsp3) is 0.273. The maximum Gasteiger partial charge on any atom is 0.258 e. The third-order valence-electron chi connectivity index (χ3n) is 5.78. The quantitative estimate of drug-likeness (QED) is 0.739. The van der Waals surface area contributed by atoms with Gasteiger partial charge in [0.15, 0.2) is 0 Å². The summed E-state index contributed by atoms with van der Waals surface area (Å²) in [6, 6.07) is 15.1. The van der Waals surface area contributed by atoms with E-state index < -0.39 is 0 Å². The zero-order valence-electron chi connectivity index (χ0n) is 15.6. The summed E-state index contributed by atoms with van der Waals surface area (Å²) in [6.45, 7) is 0.311. The molecule has 0 unspecified atom stereocenters. The van der Waals surface area contributed by atoms with E-state index in [1.165, 1.54) is 0 Å². The van der Waals surface area contributed by atoms with E-state index in [-0.39, 0.29) is 24.5 Å². The molecule has 2 atom stereocenters. The smallest absolute Gasteiger partial charge is 0.258 e. The van der Waals surface area contributed by atoms with Crippen LogP contribution in [0.5, 0.6) is 0 Å². The second-order valence-corrected chi connectivity index (χ2v) is 7.41. The van der Waals surface area contributed by atoms with Crippen molar-refractivity contribution in [3.63, 3.8) is 0 Å². The van der Waals surface area contributed by atoms with Crippen LogP contribution in [0.2, 0.25) is 0 Å². The molecule has 1 aromatic heterocycles. The Morgan fingerprint density at radius 1 is 1.24 bits per heavy atom.